The van der Waals surface area contributed by atoms with E-state index in [0.29, 0.717) is 11.7 Å². The second-order valence-corrected chi connectivity index (χ2v) is 5.96. The predicted molar refractivity (Wildman–Crippen MR) is 80.8 cm³/mol. The van der Waals surface area contributed by atoms with E-state index in [1.807, 2.05) is 29.2 Å². The number of halogens is 1. The number of methoxy groups -OCH3 is 1. The van der Waals surface area contributed by atoms with Crippen LogP contribution in [-0.2, 0) is 9.53 Å². The molecular weight excluding hydrogens is 322 g/mol. The molecule has 1 saturated heterocycles. The van der Waals surface area contributed by atoms with Crippen LogP contribution in [0.25, 0.3) is 0 Å². The van der Waals surface area contributed by atoms with Crippen LogP contribution in [0.5, 0.6) is 5.75 Å². The third kappa shape index (κ3) is 4.49. The van der Waals surface area contributed by atoms with Gasteiger partial charge in [-0.3, -0.25) is 4.79 Å². The van der Waals surface area contributed by atoms with Crippen LogP contribution in [0.4, 0.5) is 0 Å². The topological polar surface area (TPSA) is 38.8 Å². The number of hydrogen-bond acceptors (Lipinski definition) is 3. The minimum Gasteiger partial charge on any atom is -0.484 e. The summed E-state index contributed by atoms with van der Waals surface area (Å²) < 4.78 is 11.7. The van der Waals surface area contributed by atoms with E-state index >= 15 is 0 Å². The number of hydrogen-bond donors (Lipinski definition) is 0. The molecular formula is C15H20BrNO3. The Balaban J connectivity index is 1.80. The van der Waals surface area contributed by atoms with Gasteiger partial charge in [0.15, 0.2) is 6.61 Å². The SMILES string of the molecule is COCC1CCCN(C(=O)COc2ccc(Br)cc2)C1. The average molecular weight is 342 g/mol. The first kappa shape index (κ1) is 15.3. The van der Waals surface area contributed by atoms with E-state index in [9.17, 15) is 4.79 Å². The largest absolute Gasteiger partial charge is 0.484 e. The van der Waals surface area contributed by atoms with Crippen LogP contribution in [0.2, 0.25) is 0 Å². The fourth-order valence-corrected chi connectivity index (χ4v) is 2.69. The van der Waals surface area contributed by atoms with Crippen molar-refractivity contribution in [3.8, 4) is 5.75 Å². The van der Waals surface area contributed by atoms with Gasteiger partial charge in [-0.25, -0.2) is 0 Å². The van der Waals surface area contributed by atoms with Gasteiger partial charge >= 0.3 is 0 Å². The van der Waals surface area contributed by atoms with Crippen molar-refractivity contribution in [1.82, 2.24) is 4.90 Å². The lowest BCUT2D eigenvalue weighted by atomic mass is 9.99. The maximum Gasteiger partial charge on any atom is 0.260 e. The summed E-state index contributed by atoms with van der Waals surface area (Å²) in [6.45, 7) is 2.41. The summed E-state index contributed by atoms with van der Waals surface area (Å²) in [6.07, 6.45) is 2.17. The third-order valence-corrected chi connectivity index (χ3v) is 3.98. The van der Waals surface area contributed by atoms with Gasteiger partial charge in [-0.2, -0.15) is 0 Å². The van der Waals surface area contributed by atoms with E-state index in [2.05, 4.69) is 15.9 Å². The van der Waals surface area contributed by atoms with Gasteiger partial charge in [-0.15, -0.1) is 0 Å². The van der Waals surface area contributed by atoms with Crippen LogP contribution in [0.15, 0.2) is 28.7 Å². The van der Waals surface area contributed by atoms with Gasteiger partial charge in [-0.1, -0.05) is 15.9 Å². The molecule has 4 nitrogen and oxygen atoms in total. The maximum absolute atomic E-state index is 12.1. The van der Waals surface area contributed by atoms with Crippen molar-refractivity contribution in [2.45, 2.75) is 12.8 Å². The Bertz CT molecular complexity index is 433. The number of ether oxygens (including phenoxy) is 2. The highest BCUT2D eigenvalue weighted by molar-refractivity contribution is 9.10. The zero-order chi connectivity index (χ0) is 14.4. The molecule has 1 aromatic rings. The first-order chi connectivity index (χ1) is 9.69. The van der Waals surface area contributed by atoms with Gasteiger partial charge in [0.25, 0.3) is 5.91 Å². The fraction of sp³-hybridized carbons (Fsp3) is 0.533. The number of benzene rings is 1. The molecule has 1 amide bonds. The highest BCUT2D eigenvalue weighted by atomic mass is 79.9. The number of carbonyl (C=O) groups is 1. The normalized spacial score (nSPS) is 18.9. The molecule has 1 heterocycles. The van der Waals surface area contributed by atoms with Gasteiger partial charge in [0.05, 0.1) is 6.61 Å². The van der Waals surface area contributed by atoms with E-state index in [4.69, 9.17) is 9.47 Å². The summed E-state index contributed by atoms with van der Waals surface area (Å²) in [4.78, 5) is 14.0. The Kier molecular flexibility index (Phi) is 5.86. The van der Waals surface area contributed by atoms with Gasteiger partial charge in [-0.05, 0) is 43.0 Å². The van der Waals surface area contributed by atoms with Gasteiger partial charge in [0, 0.05) is 24.7 Å². The number of piperidine rings is 1. The van der Waals surface area contributed by atoms with E-state index in [1.54, 1.807) is 7.11 Å². The maximum atomic E-state index is 12.1. The van der Waals surface area contributed by atoms with Crippen molar-refractivity contribution >= 4 is 21.8 Å². The molecule has 2 rings (SSSR count). The van der Waals surface area contributed by atoms with Crippen molar-refractivity contribution in [3.63, 3.8) is 0 Å². The lowest BCUT2D eigenvalue weighted by Crippen LogP contribution is -2.43. The summed E-state index contributed by atoms with van der Waals surface area (Å²) in [6, 6.07) is 7.49. The highest BCUT2D eigenvalue weighted by Crippen LogP contribution is 2.18. The molecule has 110 valence electrons. The molecule has 1 aliphatic rings. The summed E-state index contributed by atoms with van der Waals surface area (Å²) >= 11 is 3.37. The average Bonchev–Trinajstić information content (AvgIpc) is 2.47. The van der Waals surface area contributed by atoms with Gasteiger partial charge in [0.2, 0.25) is 0 Å². The van der Waals surface area contributed by atoms with Crippen LogP contribution in [-0.4, -0.2) is 44.2 Å². The second-order valence-electron chi connectivity index (χ2n) is 5.05. The molecule has 1 fully saturated rings. The molecule has 1 aliphatic heterocycles. The smallest absolute Gasteiger partial charge is 0.260 e. The summed E-state index contributed by atoms with van der Waals surface area (Å²) in [7, 11) is 1.71. The molecule has 5 heteroatoms. The van der Waals surface area contributed by atoms with E-state index in [-0.39, 0.29) is 12.5 Å². The van der Waals surface area contributed by atoms with E-state index in [0.717, 1.165) is 37.0 Å². The molecule has 0 saturated carbocycles. The predicted octanol–water partition coefficient (Wildman–Crippen LogP) is 2.71. The lowest BCUT2D eigenvalue weighted by Gasteiger charge is -2.32. The Morgan fingerprint density at radius 2 is 2.15 bits per heavy atom. The van der Waals surface area contributed by atoms with Crippen molar-refractivity contribution in [2.24, 2.45) is 5.92 Å². The van der Waals surface area contributed by atoms with Crippen molar-refractivity contribution in [1.29, 1.82) is 0 Å². The quantitative estimate of drug-likeness (QED) is 0.826. The number of carbonyl (C=O) groups excluding carboxylic acids is 1. The van der Waals surface area contributed by atoms with Crippen molar-refractivity contribution in [2.75, 3.05) is 33.4 Å². The zero-order valence-electron chi connectivity index (χ0n) is 11.7. The Morgan fingerprint density at radius 3 is 2.85 bits per heavy atom. The van der Waals surface area contributed by atoms with Crippen LogP contribution in [0.1, 0.15) is 12.8 Å². The molecule has 0 spiro atoms. The third-order valence-electron chi connectivity index (χ3n) is 3.45. The molecule has 20 heavy (non-hydrogen) atoms. The van der Waals surface area contributed by atoms with Gasteiger partial charge in [0.1, 0.15) is 5.75 Å². The standard InChI is InChI=1S/C15H20BrNO3/c1-19-10-12-3-2-8-17(9-12)15(18)11-20-14-6-4-13(16)5-7-14/h4-7,12H,2-3,8-11H2,1H3. The molecule has 1 atom stereocenters. The zero-order valence-corrected chi connectivity index (χ0v) is 13.3. The van der Waals surface area contributed by atoms with Crippen LogP contribution in [0.3, 0.4) is 0 Å². The lowest BCUT2D eigenvalue weighted by molar-refractivity contribution is -0.135. The van der Waals surface area contributed by atoms with Crippen molar-refractivity contribution < 1.29 is 14.3 Å². The Hall–Kier alpha value is -1.07. The van der Waals surface area contributed by atoms with Crippen LogP contribution in [0, 0.1) is 5.92 Å². The number of likely N-dealkylation sites (tertiary alicyclic amines) is 1. The first-order valence-corrected chi connectivity index (χ1v) is 7.63. The Morgan fingerprint density at radius 1 is 1.40 bits per heavy atom. The second kappa shape index (κ2) is 7.64. The molecule has 1 aromatic carbocycles. The highest BCUT2D eigenvalue weighted by Gasteiger charge is 2.23. The van der Waals surface area contributed by atoms with Crippen LogP contribution >= 0.6 is 15.9 Å². The monoisotopic (exact) mass is 341 g/mol. The van der Waals surface area contributed by atoms with Gasteiger partial charge < -0.3 is 14.4 Å². The minimum absolute atomic E-state index is 0.0497. The summed E-state index contributed by atoms with van der Waals surface area (Å²) in [5, 5.41) is 0. The summed E-state index contributed by atoms with van der Waals surface area (Å²) in [5.41, 5.74) is 0. The molecule has 0 N–H and O–H groups in total. The molecule has 0 aliphatic carbocycles. The Labute approximate surface area is 128 Å². The van der Waals surface area contributed by atoms with E-state index < -0.39 is 0 Å². The van der Waals surface area contributed by atoms with Crippen LogP contribution < -0.4 is 4.74 Å². The molecule has 0 aromatic heterocycles. The fourth-order valence-electron chi connectivity index (χ4n) is 2.43. The molecule has 0 bridgehead atoms. The minimum atomic E-state index is 0.0497. The van der Waals surface area contributed by atoms with E-state index in [1.165, 1.54) is 0 Å². The number of rotatable bonds is 5. The first-order valence-electron chi connectivity index (χ1n) is 6.84. The van der Waals surface area contributed by atoms with Crippen molar-refractivity contribution in [3.05, 3.63) is 28.7 Å². The summed E-state index contributed by atoms with van der Waals surface area (Å²) in [5.74, 6) is 1.21. The molecule has 0 radical (unpaired) electrons. The number of nitrogens with zero attached hydrogens (tertiary/aromatic N) is 1. The number of amides is 1. The molecule has 1 unspecified atom stereocenters.